The Morgan fingerprint density at radius 2 is 2.21 bits per heavy atom. The van der Waals surface area contributed by atoms with Crippen molar-refractivity contribution in [2.75, 3.05) is 6.54 Å². The Balaban J connectivity index is 1.90. The highest BCUT2D eigenvalue weighted by Crippen LogP contribution is 2.30. The number of hydrogen-bond donors (Lipinski definition) is 1. The highest BCUT2D eigenvalue weighted by molar-refractivity contribution is 6.06. The zero-order chi connectivity index (χ0) is 13.2. The zero-order valence-electron chi connectivity index (χ0n) is 11.4. The fraction of sp³-hybridized carbons (Fsp3) is 0.438. The lowest BCUT2D eigenvalue weighted by atomic mass is 10.1. The Bertz CT molecular complexity index is 583. The largest absolute Gasteiger partial charge is 0.361 e. The van der Waals surface area contributed by atoms with Crippen molar-refractivity contribution in [1.29, 1.82) is 0 Å². The van der Waals surface area contributed by atoms with Gasteiger partial charge in [-0.3, -0.25) is 4.79 Å². The minimum atomic E-state index is 0.196. The molecule has 0 radical (unpaired) electrons. The van der Waals surface area contributed by atoms with Crippen LogP contribution < -0.4 is 0 Å². The molecule has 1 aliphatic rings. The second-order valence-corrected chi connectivity index (χ2v) is 5.33. The summed E-state index contributed by atoms with van der Waals surface area (Å²) in [5.74, 6) is 0.196. The van der Waals surface area contributed by atoms with Gasteiger partial charge in [-0.15, -0.1) is 0 Å². The first-order chi connectivity index (χ1) is 9.31. The van der Waals surface area contributed by atoms with Crippen molar-refractivity contribution in [3.8, 4) is 0 Å². The van der Waals surface area contributed by atoms with Crippen LogP contribution in [0.2, 0.25) is 0 Å². The number of hydrogen-bond acceptors (Lipinski definition) is 1. The fourth-order valence-corrected chi connectivity index (χ4v) is 2.59. The monoisotopic (exact) mass is 256 g/mol. The number of carbonyl (C=O) groups excluding carboxylic acids is 1. The van der Waals surface area contributed by atoms with Gasteiger partial charge in [0.2, 0.25) is 0 Å². The molecule has 1 saturated carbocycles. The number of unbranched alkanes of at least 4 members (excludes halogenated alkanes) is 1. The summed E-state index contributed by atoms with van der Waals surface area (Å²) in [5, 5.41) is 1.04. The van der Waals surface area contributed by atoms with Crippen LogP contribution in [-0.4, -0.2) is 28.4 Å². The van der Waals surface area contributed by atoms with Crippen molar-refractivity contribution >= 4 is 16.8 Å². The third-order valence-corrected chi connectivity index (χ3v) is 3.83. The quantitative estimate of drug-likeness (QED) is 0.872. The van der Waals surface area contributed by atoms with Gasteiger partial charge in [-0.2, -0.15) is 0 Å². The molecule has 2 aromatic rings. The van der Waals surface area contributed by atoms with Crippen LogP contribution in [0.15, 0.2) is 30.5 Å². The summed E-state index contributed by atoms with van der Waals surface area (Å²) in [6.45, 7) is 3.06. The van der Waals surface area contributed by atoms with E-state index in [2.05, 4.69) is 16.8 Å². The normalized spacial score (nSPS) is 14.8. The first-order valence-electron chi connectivity index (χ1n) is 7.18. The van der Waals surface area contributed by atoms with Crippen LogP contribution >= 0.6 is 0 Å². The van der Waals surface area contributed by atoms with E-state index >= 15 is 0 Å². The smallest absolute Gasteiger partial charge is 0.254 e. The number of aromatic nitrogens is 1. The second-order valence-electron chi connectivity index (χ2n) is 5.33. The Morgan fingerprint density at radius 1 is 1.37 bits per heavy atom. The van der Waals surface area contributed by atoms with Gasteiger partial charge < -0.3 is 9.88 Å². The molecule has 0 bridgehead atoms. The molecule has 1 aromatic heterocycles. The van der Waals surface area contributed by atoms with E-state index < -0.39 is 0 Å². The molecule has 1 amide bonds. The molecule has 0 aliphatic heterocycles. The molecule has 3 nitrogen and oxygen atoms in total. The van der Waals surface area contributed by atoms with Gasteiger partial charge in [0.15, 0.2) is 0 Å². The number of nitrogens with one attached hydrogen (secondary N) is 1. The average Bonchev–Trinajstić information content (AvgIpc) is 3.15. The number of H-pyrrole nitrogens is 1. The summed E-state index contributed by atoms with van der Waals surface area (Å²) in [4.78, 5) is 18.0. The van der Waals surface area contributed by atoms with E-state index in [1.54, 1.807) is 0 Å². The molecular formula is C16H20N2O. The lowest BCUT2D eigenvalue weighted by molar-refractivity contribution is 0.0743. The SMILES string of the molecule is CCCCN(C(=O)c1cccc2[nH]ccc12)C1CC1. The maximum atomic E-state index is 12.8. The topological polar surface area (TPSA) is 36.1 Å². The molecule has 1 aromatic carbocycles. The summed E-state index contributed by atoms with van der Waals surface area (Å²) in [7, 11) is 0. The van der Waals surface area contributed by atoms with Gasteiger partial charge in [0.25, 0.3) is 5.91 Å². The van der Waals surface area contributed by atoms with E-state index in [1.165, 1.54) is 12.8 Å². The third-order valence-electron chi connectivity index (χ3n) is 3.83. The Morgan fingerprint density at radius 3 is 2.95 bits per heavy atom. The molecule has 1 heterocycles. The minimum absolute atomic E-state index is 0.196. The predicted molar refractivity (Wildman–Crippen MR) is 77.3 cm³/mol. The first-order valence-corrected chi connectivity index (χ1v) is 7.18. The second kappa shape index (κ2) is 5.08. The van der Waals surface area contributed by atoms with Gasteiger partial charge in [0.05, 0.1) is 0 Å². The van der Waals surface area contributed by atoms with Crippen LogP contribution in [-0.2, 0) is 0 Å². The lowest BCUT2D eigenvalue weighted by Crippen LogP contribution is -2.34. The Labute approximate surface area is 113 Å². The molecule has 100 valence electrons. The van der Waals surface area contributed by atoms with Crippen LogP contribution in [0.5, 0.6) is 0 Å². The lowest BCUT2D eigenvalue weighted by Gasteiger charge is -2.22. The van der Waals surface area contributed by atoms with Gasteiger partial charge >= 0.3 is 0 Å². The van der Waals surface area contributed by atoms with Crippen LogP contribution in [0.25, 0.3) is 10.9 Å². The van der Waals surface area contributed by atoms with Crippen LogP contribution in [0.1, 0.15) is 43.0 Å². The molecule has 1 aliphatic carbocycles. The summed E-state index contributed by atoms with van der Waals surface area (Å²) >= 11 is 0. The Hall–Kier alpha value is -1.77. The highest BCUT2D eigenvalue weighted by atomic mass is 16.2. The number of fused-ring (bicyclic) bond motifs is 1. The van der Waals surface area contributed by atoms with E-state index in [4.69, 9.17) is 0 Å². The third kappa shape index (κ3) is 2.37. The van der Waals surface area contributed by atoms with Gasteiger partial charge in [0.1, 0.15) is 0 Å². The van der Waals surface area contributed by atoms with Crippen molar-refractivity contribution in [3.63, 3.8) is 0 Å². The predicted octanol–water partition coefficient (Wildman–Crippen LogP) is 3.57. The Kier molecular flexibility index (Phi) is 3.28. The summed E-state index contributed by atoms with van der Waals surface area (Å²) in [5.41, 5.74) is 1.87. The van der Waals surface area contributed by atoms with Gasteiger partial charge in [-0.05, 0) is 37.5 Å². The van der Waals surface area contributed by atoms with Crippen molar-refractivity contribution in [3.05, 3.63) is 36.0 Å². The van der Waals surface area contributed by atoms with Crippen LogP contribution in [0, 0.1) is 0 Å². The van der Waals surface area contributed by atoms with E-state index in [0.717, 1.165) is 35.9 Å². The summed E-state index contributed by atoms with van der Waals surface area (Å²) in [6, 6.07) is 8.39. The standard InChI is InChI=1S/C16H20N2O/c1-2-3-11-18(12-7-8-12)16(19)14-5-4-6-15-13(14)9-10-17-15/h4-6,9-10,12,17H,2-3,7-8,11H2,1H3. The molecule has 3 heteroatoms. The van der Waals surface area contributed by atoms with E-state index in [9.17, 15) is 4.79 Å². The number of rotatable bonds is 5. The molecule has 1 fully saturated rings. The molecule has 1 N–H and O–H groups in total. The van der Waals surface area contributed by atoms with E-state index in [-0.39, 0.29) is 5.91 Å². The number of benzene rings is 1. The van der Waals surface area contributed by atoms with Crippen molar-refractivity contribution in [1.82, 2.24) is 9.88 Å². The summed E-state index contributed by atoms with van der Waals surface area (Å²) < 4.78 is 0. The van der Waals surface area contributed by atoms with Crippen LogP contribution in [0.4, 0.5) is 0 Å². The van der Waals surface area contributed by atoms with Gasteiger partial charge in [0, 0.05) is 35.2 Å². The first kappa shape index (κ1) is 12.3. The van der Waals surface area contributed by atoms with Gasteiger partial charge in [-0.25, -0.2) is 0 Å². The number of amides is 1. The minimum Gasteiger partial charge on any atom is -0.361 e. The molecule has 0 atom stereocenters. The number of aromatic amines is 1. The van der Waals surface area contributed by atoms with E-state index in [1.807, 2.05) is 30.5 Å². The molecule has 0 unspecified atom stereocenters. The van der Waals surface area contributed by atoms with Gasteiger partial charge in [-0.1, -0.05) is 19.4 Å². The molecular weight excluding hydrogens is 236 g/mol. The summed E-state index contributed by atoms with van der Waals surface area (Å²) in [6.07, 6.45) is 6.45. The van der Waals surface area contributed by atoms with Crippen molar-refractivity contribution in [2.45, 2.75) is 38.6 Å². The maximum absolute atomic E-state index is 12.8. The molecule has 0 saturated heterocycles. The fourth-order valence-electron chi connectivity index (χ4n) is 2.59. The molecule has 0 spiro atoms. The van der Waals surface area contributed by atoms with Crippen LogP contribution in [0.3, 0.4) is 0 Å². The number of nitrogens with zero attached hydrogens (tertiary/aromatic N) is 1. The van der Waals surface area contributed by atoms with Crippen molar-refractivity contribution in [2.24, 2.45) is 0 Å². The highest BCUT2D eigenvalue weighted by Gasteiger charge is 2.33. The number of carbonyl (C=O) groups is 1. The van der Waals surface area contributed by atoms with E-state index in [0.29, 0.717) is 6.04 Å². The molecule has 19 heavy (non-hydrogen) atoms. The zero-order valence-corrected chi connectivity index (χ0v) is 11.4. The maximum Gasteiger partial charge on any atom is 0.254 e. The van der Waals surface area contributed by atoms with Crippen molar-refractivity contribution < 1.29 is 4.79 Å². The average molecular weight is 256 g/mol. The molecule has 3 rings (SSSR count).